The molecule has 0 saturated heterocycles. The van der Waals surface area contributed by atoms with Crippen LogP contribution < -0.4 is 0 Å². The molecular formula is C10H10N2O2S. The van der Waals surface area contributed by atoms with Crippen LogP contribution in [0.15, 0.2) is 17.8 Å². The molecule has 78 valence electrons. The lowest BCUT2D eigenvalue weighted by molar-refractivity contribution is 0.0702. The zero-order chi connectivity index (χ0) is 11.0. The van der Waals surface area contributed by atoms with Crippen molar-refractivity contribution >= 4 is 17.3 Å². The molecular weight excluding hydrogens is 212 g/mol. The van der Waals surface area contributed by atoms with E-state index < -0.39 is 5.97 Å². The number of aromatic nitrogens is 2. The number of hydrogen-bond donors (Lipinski definition) is 1. The molecule has 0 fully saturated rings. The molecule has 2 heterocycles. The standard InChI is InChI=1S/C10H10N2O2S/c1-6-7(2)12(5-11-6)8-3-9(10(13)14)15-4-8/h3-5H,1-2H3,(H,13,14). The molecule has 0 aliphatic carbocycles. The highest BCUT2D eigenvalue weighted by molar-refractivity contribution is 7.12. The van der Waals surface area contributed by atoms with E-state index in [0.29, 0.717) is 4.88 Å². The normalized spacial score (nSPS) is 10.5. The average molecular weight is 222 g/mol. The zero-order valence-electron chi connectivity index (χ0n) is 8.39. The van der Waals surface area contributed by atoms with Gasteiger partial charge >= 0.3 is 5.97 Å². The maximum Gasteiger partial charge on any atom is 0.345 e. The van der Waals surface area contributed by atoms with Crippen LogP contribution in [0.3, 0.4) is 0 Å². The highest BCUT2D eigenvalue weighted by Crippen LogP contribution is 2.20. The van der Waals surface area contributed by atoms with Gasteiger partial charge in [-0.05, 0) is 19.9 Å². The van der Waals surface area contributed by atoms with Crippen LogP contribution in [0.4, 0.5) is 0 Å². The van der Waals surface area contributed by atoms with Crippen molar-refractivity contribution in [2.45, 2.75) is 13.8 Å². The molecule has 15 heavy (non-hydrogen) atoms. The molecule has 0 saturated carbocycles. The quantitative estimate of drug-likeness (QED) is 0.847. The molecule has 0 unspecified atom stereocenters. The molecule has 2 aromatic rings. The lowest BCUT2D eigenvalue weighted by Crippen LogP contribution is -1.94. The van der Waals surface area contributed by atoms with Crippen molar-refractivity contribution in [1.29, 1.82) is 0 Å². The van der Waals surface area contributed by atoms with Crippen molar-refractivity contribution in [1.82, 2.24) is 9.55 Å². The van der Waals surface area contributed by atoms with Crippen LogP contribution in [-0.2, 0) is 0 Å². The lowest BCUT2D eigenvalue weighted by atomic mass is 10.3. The van der Waals surface area contributed by atoms with E-state index in [-0.39, 0.29) is 0 Å². The highest BCUT2D eigenvalue weighted by atomic mass is 32.1. The third-order valence-corrected chi connectivity index (χ3v) is 3.23. The largest absolute Gasteiger partial charge is 0.477 e. The number of aromatic carboxylic acids is 1. The van der Waals surface area contributed by atoms with Crippen molar-refractivity contribution < 1.29 is 9.90 Å². The van der Waals surface area contributed by atoms with Crippen LogP contribution in [-0.4, -0.2) is 20.6 Å². The molecule has 0 radical (unpaired) electrons. The van der Waals surface area contributed by atoms with E-state index in [4.69, 9.17) is 5.11 Å². The summed E-state index contributed by atoms with van der Waals surface area (Å²) in [5, 5.41) is 10.6. The second kappa shape index (κ2) is 3.51. The number of thiophene rings is 1. The fourth-order valence-electron chi connectivity index (χ4n) is 1.32. The van der Waals surface area contributed by atoms with Gasteiger partial charge in [0.1, 0.15) is 4.88 Å². The van der Waals surface area contributed by atoms with E-state index >= 15 is 0 Å². The minimum Gasteiger partial charge on any atom is -0.477 e. The molecule has 0 spiro atoms. The first-order valence-electron chi connectivity index (χ1n) is 4.42. The Hall–Kier alpha value is -1.62. The first kappa shape index (κ1) is 9.92. The summed E-state index contributed by atoms with van der Waals surface area (Å²) in [6.07, 6.45) is 1.71. The van der Waals surface area contributed by atoms with Gasteiger partial charge in [-0.25, -0.2) is 9.78 Å². The number of rotatable bonds is 2. The molecule has 2 aromatic heterocycles. The van der Waals surface area contributed by atoms with Gasteiger partial charge in [0.05, 0.1) is 17.7 Å². The van der Waals surface area contributed by atoms with Crippen molar-refractivity contribution in [3.05, 3.63) is 34.0 Å². The van der Waals surface area contributed by atoms with Gasteiger partial charge in [-0.3, -0.25) is 0 Å². The Morgan fingerprint density at radius 2 is 2.27 bits per heavy atom. The van der Waals surface area contributed by atoms with Gasteiger partial charge in [0.2, 0.25) is 0 Å². The molecule has 0 amide bonds. The van der Waals surface area contributed by atoms with E-state index in [1.807, 2.05) is 23.8 Å². The fourth-order valence-corrected chi connectivity index (χ4v) is 2.04. The monoisotopic (exact) mass is 222 g/mol. The van der Waals surface area contributed by atoms with Crippen LogP contribution in [0.5, 0.6) is 0 Å². The number of carboxylic acids is 1. The fraction of sp³-hybridized carbons (Fsp3) is 0.200. The summed E-state index contributed by atoms with van der Waals surface area (Å²) in [5.41, 5.74) is 2.85. The van der Waals surface area contributed by atoms with Gasteiger partial charge < -0.3 is 9.67 Å². The zero-order valence-corrected chi connectivity index (χ0v) is 9.21. The third kappa shape index (κ3) is 1.66. The predicted octanol–water partition coefficient (Wildman–Crippen LogP) is 2.25. The number of aryl methyl sites for hydroxylation is 1. The van der Waals surface area contributed by atoms with Crippen molar-refractivity contribution in [3.8, 4) is 5.69 Å². The van der Waals surface area contributed by atoms with Crippen LogP contribution in [0.2, 0.25) is 0 Å². The van der Waals surface area contributed by atoms with Crippen molar-refractivity contribution in [2.75, 3.05) is 0 Å². The first-order chi connectivity index (χ1) is 7.09. The Balaban J connectivity index is 2.46. The van der Waals surface area contributed by atoms with Gasteiger partial charge in [-0.1, -0.05) is 0 Å². The lowest BCUT2D eigenvalue weighted by Gasteiger charge is -2.00. The maximum absolute atomic E-state index is 10.7. The Kier molecular flexibility index (Phi) is 2.32. The summed E-state index contributed by atoms with van der Waals surface area (Å²) in [7, 11) is 0. The minimum absolute atomic E-state index is 0.343. The first-order valence-corrected chi connectivity index (χ1v) is 5.30. The van der Waals surface area contributed by atoms with E-state index in [0.717, 1.165) is 17.1 Å². The van der Waals surface area contributed by atoms with Gasteiger partial charge in [0.25, 0.3) is 0 Å². The number of nitrogens with zero attached hydrogens (tertiary/aromatic N) is 2. The van der Waals surface area contributed by atoms with E-state index in [1.165, 1.54) is 11.3 Å². The molecule has 1 N–H and O–H groups in total. The van der Waals surface area contributed by atoms with Crippen molar-refractivity contribution in [2.24, 2.45) is 0 Å². The predicted molar refractivity (Wildman–Crippen MR) is 57.9 cm³/mol. The van der Waals surface area contributed by atoms with Gasteiger partial charge in [0.15, 0.2) is 0 Å². The smallest absolute Gasteiger partial charge is 0.345 e. The van der Waals surface area contributed by atoms with Crippen LogP contribution in [0.1, 0.15) is 21.1 Å². The molecule has 4 nitrogen and oxygen atoms in total. The topological polar surface area (TPSA) is 55.1 Å². The minimum atomic E-state index is -0.888. The molecule has 0 bridgehead atoms. The Labute approximate surface area is 90.8 Å². The number of carboxylic acid groups (broad SMARTS) is 1. The molecule has 0 aromatic carbocycles. The van der Waals surface area contributed by atoms with Gasteiger partial charge in [0, 0.05) is 11.1 Å². The van der Waals surface area contributed by atoms with Gasteiger partial charge in [-0.15, -0.1) is 11.3 Å². The third-order valence-electron chi connectivity index (χ3n) is 2.33. The highest BCUT2D eigenvalue weighted by Gasteiger charge is 2.10. The Bertz CT molecular complexity index is 513. The molecule has 2 rings (SSSR count). The summed E-state index contributed by atoms with van der Waals surface area (Å²) in [6, 6.07) is 1.65. The van der Waals surface area contributed by atoms with Gasteiger partial charge in [-0.2, -0.15) is 0 Å². The second-order valence-corrected chi connectivity index (χ2v) is 4.17. The second-order valence-electron chi connectivity index (χ2n) is 3.26. The average Bonchev–Trinajstić information content (AvgIpc) is 2.76. The van der Waals surface area contributed by atoms with Crippen LogP contribution in [0.25, 0.3) is 5.69 Å². The molecule has 5 heteroatoms. The summed E-state index contributed by atoms with van der Waals surface area (Å²) in [6.45, 7) is 3.89. The summed E-state index contributed by atoms with van der Waals surface area (Å²) in [4.78, 5) is 15.2. The van der Waals surface area contributed by atoms with Crippen molar-refractivity contribution in [3.63, 3.8) is 0 Å². The maximum atomic E-state index is 10.7. The van der Waals surface area contributed by atoms with Crippen LogP contribution in [0, 0.1) is 13.8 Å². The summed E-state index contributed by atoms with van der Waals surface area (Å²) in [5.74, 6) is -0.888. The summed E-state index contributed by atoms with van der Waals surface area (Å²) >= 11 is 1.22. The number of imidazole rings is 1. The van der Waals surface area contributed by atoms with E-state index in [2.05, 4.69) is 4.98 Å². The number of hydrogen-bond acceptors (Lipinski definition) is 3. The Morgan fingerprint density at radius 1 is 1.53 bits per heavy atom. The molecule has 0 atom stereocenters. The SMILES string of the molecule is Cc1ncn(-c2csc(C(=O)O)c2)c1C. The molecule has 0 aliphatic rings. The number of carbonyl (C=O) groups is 1. The van der Waals surface area contributed by atoms with E-state index in [1.54, 1.807) is 12.4 Å². The molecule has 0 aliphatic heterocycles. The van der Waals surface area contributed by atoms with Crippen LogP contribution >= 0.6 is 11.3 Å². The summed E-state index contributed by atoms with van der Waals surface area (Å²) < 4.78 is 1.89. The Morgan fingerprint density at radius 3 is 2.73 bits per heavy atom. The van der Waals surface area contributed by atoms with E-state index in [9.17, 15) is 4.79 Å².